The zero-order valence-corrected chi connectivity index (χ0v) is 13.7. The van der Waals surface area contributed by atoms with E-state index in [2.05, 4.69) is 56.5 Å². The van der Waals surface area contributed by atoms with Gasteiger partial charge in [0.15, 0.2) is 0 Å². The normalized spacial score (nSPS) is 11.3. The van der Waals surface area contributed by atoms with E-state index in [9.17, 15) is 0 Å². The summed E-state index contributed by atoms with van der Waals surface area (Å²) in [6.07, 6.45) is 3.09. The van der Waals surface area contributed by atoms with Crippen molar-refractivity contribution in [2.24, 2.45) is 5.92 Å². The Bertz CT molecular complexity index is 579. The van der Waals surface area contributed by atoms with Gasteiger partial charge in [0.05, 0.1) is 0 Å². The van der Waals surface area contributed by atoms with Gasteiger partial charge in [0.25, 0.3) is 0 Å². The largest absolute Gasteiger partial charge is 0.383 e. The van der Waals surface area contributed by atoms with Crippen molar-refractivity contribution in [1.29, 1.82) is 0 Å². The number of hydrogen-bond donors (Lipinski definition) is 1. The Hall–Kier alpha value is -1.77. The van der Waals surface area contributed by atoms with Gasteiger partial charge in [-0.2, -0.15) is 0 Å². The van der Waals surface area contributed by atoms with Crippen molar-refractivity contribution >= 4 is 5.82 Å². The Morgan fingerprint density at radius 2 is 1.81 bits per heavy atom. The molecule has 0 unspecified atom stereocenters. The minimum Gasteiger partial charge on any atom is -0.383 e. The predicted molar refractivity (Wildman–Crippen MR) is 90.3 cm³/mol. The molecule has 1 aromatic heterocycles. The van der Waals surface area contributed by atoms with Crippen molar-refractivity contribution in [1.82, 2.24) is 9.55 Å². The van der Waals surface area contributed by atoms with Crippen LogP contribution in [0.4, 0.5) is 5.82 Å². The van der Waals surface area contributed by atoms with E-state index in [0.29, 0.717) is 5.92 Å². The standard InChI is InChI=1S/C18H27N3/c1-5-11-21-16(6-2)20-17(18(21)19)15-9-7-14(8-10-15)12-13(3)4/h7-10,13H,5-6,11-12,19H2,1-4H3. The summed E-state index contributed by atoms with van der Waals surface area (Å²) in [5.74, 6) is 2.55. The molecule has 0 radical (unpaired) electrons. The number of anilines is 1. The van der Waals surface area contributed by atoms with Gasteiger partial charge < -0.3 is 10.3 Å². The van der Waals surface area contributed by atoms with Gasteiger partial charge in [0.1, 0.15) is 17.3 Å². The van der Waals surface area contributed by atoms with E-state index in [1.807, 2.05) is 0 Å². The highest BCUT2D eigenvalue weighted by Gasteiger charge is 2.14. The molecule has 2 N–H and O–H groups in total. The molecule has 1 aromatic carbocycles. The molecule has 0 spiro atoms. The molecule has 0 atom stereocenters. The summed E-state index contributed by atoms with van der Waals surface area (Å²) in [7, 11) is 0. The van der Waals surface area contributed by atoms with Crippen molar-refractivity contribution in [3.8, 4) is 11.3 Å². The fraction of sp³-hybridized carbons (Fsp3) is 0.500. The highest BCUT2D eigenvalue weighted by atomic mass is 15.1. The van der Waals surface area contributed by atoms with Crippen LogP contribution < -0.4 is 5.73 Å². The van der Waals surface area contributed by atoms with E-state index >= 15 is 0 Å². The lowest BCUT2D eigenvalue weighted by Crippen LogP contribution is -2.06. The SMILES string of the molecule is CCCn1c(CC)nc(-c2ccc(CC(C)C)cc2)c1N. The second kappa shape index (κ2) is 6.79. The van der Waals surface area contributed by atoms with E-state index < -0.39 is 0 Å². The van der Waals surface area contributed by atoms with Crippen LogP contribution in [0.15, 0.2) is 24.3 Å². The van der Waals surface area contributed by atoms with Gasteiger partial charge in [-0.15, -0.1) is 0 Å². The maximum Gasteiger partial charge on any atom is 0.131 e. The molecule has 0 aliphatic rings. The van der Waals surface area contributed by atoms with Crippen molar-refractivity contribution in [3.63, 3.8) is 0 Å². The van der Waals surface area contributed by atoms with Crippen molar-refractivity contribution in [3.05, 3.63) is 35.7 Å². The molecule has 0 aliphatic heterocycles. The molecule has 0 aliphatic carbocycles. The molecule has 0 bridgehead atoms. The summed E-state index contributed by atoms with van der Waals surface area (Å²) < 4.78 is 2.15. The van der Waals surface area contributed by atoms with Crippen molar-refractivity contribution < 1.29 is 0 Å². The fourth-order valence-corrected chi connectivity index (χ4v) is 2.74. The summed E-state index contributed by atoms with van der Waals surface area (Å²) in [5, 5.41) is 0. The maximum absolute atomic E-state index is 6.32. The van der Waals surface area contributed by atoms with Gasteiger partial charge in [0, 0.05) is 18.5 Å². The second-order valence-electron chi connectivity index (χ2n) is 6.06. The molecule has 2 aromatic rings. The Kier molecular flexibility index (Phi) is 5.05. The van der Waals surface area contributed by atoms with Gasteiger partial charge in [-0.1, -0.05) is 52.0 Å². The van der Waals surface area contributed by atoms with E-state index in [0.717, 1.165) is 48.7 Å². The molecule has 0 amide bonds. The second-order valence-corrected chi connectivity index (χ2v) is 6.06. The van der Waals surface area contributed by atoms with Crippen molar-refractivity contribution in [2.45, 2.75) is 53.5 Å². The quantitative estimate of drug-likeness (QED) is 0.859. The fourth-order valence-electron chi connectivity index (χ4n) is 2.74. The minimum absolute atomic E-state index is 0.677. The van der Waals surface area contributed by atoms with Crippen LogP contribution in [0.2, 0.25) is 0 Å². The minimum atomic E-state index is 0.677. The average molecular weight is 285 g/mol. The third kappa shape index (κ3) is 3.46. The zero-order valence-electron chi connectivity index (χ0n) is 13.7. The molecule has 3 nitrogen and oxygen atoms in total. The van der Waals surface area contributed by atoms with Crippen LogP contribution in [0.3, 0.4) is 0 Å². The number of benzene rings is 1. The highest BCUT2D eigenvalue weighted by Crippen LogP contribution is 2.27. The number of nitrogens with two attached hydrogens (primary N) is 1. The zero-order chi connectivity index (χ0) is 15.4. The molecular weight excluding hydrogens is 258 g/mol. The number of aryl methyl sites for hydroxylation is 1. The van der Waals surface area contributed by atoms with E-state index in [1.165, 1.54) is 5.56 Å². The van der Waals surface area contributed by atoms with Crippen LogP contribution in [0.25, 0.3) is 11.3 Å². The van der Waals surface area contributed by atoms with E-state index in [1.54, 1.807) is 0 Å². The Labute approximate surface area is 128 Å². The van der Waals surface area contributed by atoms with Gasteiger partial charge in [-0.3, -0.25) is 0 Å². The Morgan fingerprint density at radius 3 is 2.33 bits per heavy atom. The lowest BCUT2D eigenvalue weighted by atomic mass is 10.0. The first-order valence-electron chi connectivity index (χ1n) is 8.00. The van der Waals surface area contributed by atoms with Crippen molar-refractivity contribution in [2.75, 3.05) is 5.73 Å². The number of rotatable bonds is 6. The van der Waals surface area contributed by atoms with Crippen LogP contribution in [-0.2, 0) is 19.4 Å². The molecule has 114 valence electrons. The van der Waals surface area contributed by atoms with Crippen LogP contribution in [-0.4, -0.2) is 9.55 Å². The number of nitrogen functional groups attached to an aromatic ring is 1. The smallest absolute Gasteiger partial charge is 0.131 e. The van der Waals surface area contributed by atoms with Gasteiger partial charge in [-0.25, -0.2) is 4.98 Å². The maximum atomic E-state index is 6.32. The number of aromatic nitrogens is 2. The Balaban J connectivity index is 2.33. The molecule has 0 saturated heterocycles. The van der Waals surface area contributed by atoms with Crippen LogP contribution >= 0.6 is 0 Å². The number of hydrogen-bond acceptors (Lipinski definition) is 2. The summed E-state index contributed by atoms with van der Waals surface area (Å²) >= 11 is 0. The lowest BCUT2D eigenvalue weighted by molar-refractivity contribution is 0.647. The number of nitrogens with zero attached hydrogens (tertiary/aromatic N) is 2. The third-order valence-corrected chi connectivity index (χ3v) is 3.72. The van der Waals surface area contributed by atoms with Gasteiger partial charge in [-0.05, 0) is 24.3 Å². The van der Waals surface area contributed by atoms with Crippen LogP contribution in [0.5, 0.6) is 0 Å². The van der Waals surface area contributed by atoms with E-state index in [4.69, 9.17) is 10.7 Å². The first-order chi connectivity index (χ1) is 10.1. The van der Waals surface area contributed by atoms with E-state index in [-0.39, 0.29) is 0 Å². The predicted octanol–water partition coefficient (Wildman–Crippen LogP) is 4.30. The molecule has 21 heavy (non-hydrogen) atoms. The van der Waals surface area contributed by atoms with Crippen LogP contribution in [0, 0.1) is 5.92 Å². The summed E-state index contributed by atoms with van der Waals surface area (Å²) in [5.41, 5.74) is 9.73. The summed E-state index contributed by atoms with van der Waals surface area (Å²) in [4.78, 5) is 4.75. The number of imidazole rings is 1. The molecular formula is C18H27N3. The van der Waals surface area contributed by atoms with Crippen LogP contribution in [0.1, 0.15) is 45.5 Å². The molecule has 0 saturated carbocycles. The lowest BCUT2D eigenvalue weighted by Gasteiger charge is -2.07. The Morgan fingerprint density at radius 1 is 1.14 bits per heavy atom. The monoisotopic (exact) mass is 285 g/mol. The molecule has 2 rings (SSSR count). The first-order valence-corrected chi connectivity index (χ1v) is 8.00. The summed E-state index contributed by atoms with van der Waals surface area (Å²) in [6.45, 7) is 9.72. The summed E-state index contributed by atoms with van der Waals surface area (Å²) in [6, 6.07) is 8.68. The highest BCUT2D eigenvalue weighted by molar-refractivity contribution is 5.71. The topological polar surface area (TPSA) is 43.8 Å². The van der Waals surface area contributed by atoms with Gasteiger partial charge in [0.2, 0.25) is 0 Å². The molecule has 3 heteroatoms. The first kappa shape index (κ1) is 15.6. The molecule has 1 heterocycles. The third-order valence-electron chi connectivity index (χ3n) is 3.72. The average Bonchev–Trinajstić information content (AvgIpc) is 2.77. The van der Waals surface area contributed by atoms with Gasteiger partial charge >= 0.3 is 0 Å². The molecule has 0 fully saturated rings.